The lowest BCUT2D eigenvalue weighted by atomic mass is 9.94. The van der Waals surface area contributed by atoms with Gasteiger partial charge in [0, 0.05) is 6.04 Å². The van der Waals surface area contributed by atoms with Crippen LogP contribution in [-0.4, -0.2) is 31.7 Å². The SMILES string of the molecule is NC1CCCC(OCCOC(F)(F)F)C1. The van der Waals surface area contributed by atoms with Gasteiger partial charge in [0.1, 0.15) is 0 Å². The quantitative estimate of drug-likeness (QED) is 0.745. The topological polar surface area (TPSA) is 44.5 Å². The summed E-state index contributed by atoms with van der Waals surface area (Å²) in [7, 11) is 0. The van der Waals surface area contributed by atoms with Crippen LogP contribution >= 0.6 is 0 Å². The van der Waals surface area contributed by atoms with E-state index in [0.29, 0.717) is 0 Å². The minimum atomic E-state index is -4.56. The average Bonchev–Trinajstić information content (AvgIpc) is 2.11. The highest BCUT2D eigenvalue weighted by molar-refractivity contribution is 4.75. The fourth-order valence-electron chi connectivity index (χ4n) is 1.70. The molecule has 1 saturated carbocycles. The van der Waals surface area contributed by atoms with Crippen molar-refractivity contribution in [3.63, 3.8) is 0 Å². The molecule has 0 aliphatic heterocycles. The Morgan fingerprint density at radius 3 is 2.53 bits per heavy atom. The maximum Gasteiger partial charge on any atom is 0.522 e. The second-order valence-corrected chi connectivity index (χ2v) is 3.71. The van der Waals surface area contributed by atoms with E-state index in [1.54, 1.807) is 0 Å². The molecule has 0 bridgehead atoms. The summed E-state index contributed by atoms with van der Waals surface area (Å²) >= 11 is 0. The fourth-order valence-corrected chi connectivity index (χ4v) is 1.70. The molecular formula is C9H16F3NO2. The lowest BCUT2D eigenvalue weighted by Gasteiger charge is -2.26. The molecule has 15 heavy (non-hydrogen) atoms. The first kappa shape index (κ1) is 12.7. The number of halogens is 3. The summed E-state index contributed by atoms with van der Waals surface area (Å²) < 4.78 is 43.6. The number of alkyl halides is 3. The molecule has 0 aromatic heterocycles. The van der Waals surface area contributed by atoms with Crippen molar-refractivity contribution in [1.29, 1.82) is 0 Å². The number of nitrogens with two attached hydrogens (primary N) is 1. The van der Waals surface area contributed by atoms with Gasteiger partial charge >= 0.3 is 6.36 Å². The molecule has 2 atom stereocenters. The average molecular weight is 227 g/mol. The van der Waals surface area contributed by atoms with Crippen LogP contribution in [0.25, 0.3) is 0 Å². The summed E-state index contributed by atoms with van der Waals surface area (Å²) in [6.07, 6.45) is -1.02. The summed E-state index contributed by atoms with van der Waals surface area (Å²) in [5.74, 6) is 0. The third kappa shape index (κ3) is 5.96. The Morgan fingerprint density at radius 1 is 1.20 bits per heavy atom. The first-order chi connectivity index (χ1) is 6.97. The molecule has 2 N–H and O–H groups in total. The van der Waals surface area contributed by atoms with E-state index in [-0.39, 0.29) is 18.8 Å². The third-order valence-corrected chi connectivity index (χ3v) is 2.37. The van der Waals surface area contributed by atoms with E-state index in [1.165, 1.54) is 0 Å². The molecule has 0 aromatic rings. The van der Waals surface area contributed by atoms with E-state index in [0.717, 1.165) is 25.7 Å². The molecular weight excluding hydrogens is 211 g/mol. The molecule has 1 aliphatic carbocycles. The van der Waals surface area contributed by atoms with Crippen molar-refractivity contribution in [3.8, 4) is 0 Å². The van der Waals surface area contributed by atoms with Crippen LogP contribution in [0, 0.1) is 0 Å². The van der Waals surface area contributed by atoms with Gasteiger partial charge in [0.25, 0.3) is 0 Å². The van der Waals surface area contributed by atoms with Crippen LogP contribution in [-0.2, 0) is 9.47 Å². The van der Waals surface area contributed by atoms with Gasteiger partial charge in [-0.25, -0.2) is 0 Å². The van der Waals surface area contributed by atoms with Gasteiger partial charge in [-0.3, -0.25) is 4.74 Å². The highest BCUT2D eigenvalue weighted by Gasteiger charge is 2.29. The third-order valence-electron chi connectivity index (χ3n) is 2.37. The minimum absolute atomic E-state index is 0.00872. The van der Waals surface area contributed by atoms with Crippen molar-refractivity contribution in [2.45, 2.75) is 44.2 Å². The van der Waals surface area contributed by atoms with E-state index in [4.69, 9.17) is 10.5 Å². The molecule has 1 rings (SSSR count). The van der Waals surface area contributed by atoms with E-state index in [1.807, 2.05) is 0 Å². The lowest BCUT2D eigenvalue weighted by Crippen LogP contribution is -2.33. The van der Waals surface area contributed by atoms with Crippen LogP contribution in [0.3, 0.4) is 0 Å². The van der Waals surface area contributed by atoms with Gasteiger partial charge in [0.05, 0.1) is 19.3 Å². The van der Waals surface area contributed by atoms with Crippen LogP contribution in [0.2, 0.25) is 0 Å². The minimum Gasteiger partial charge on any atom is -0.376 e. The van der Waals surface area contributed by atoms with Gasteiger partial charge in [0.15, 0.2) is 0 Å². The Balaban J connectivity index is 2.04. The van der Waals surface area contributed by atoms with E-state index in [9.17, 15) is 13.2 Å². The summed E-state index contributed by atoms with van der Waals surface area (Å²) in [6.45, 7) is -0.480. The zero-order valence-corrected chi connectivity index (χ0v) is 8.43. The van der Waals surface area contributed by atoms with E-state index >= 15 is 0 Å². The Labute approximate surface area is 86.7 Å². The predicted molar refractivity (Wildman–Crippen MR) is 48.2 cm³/mol. The second kappa shape index (κ2) is 5.67. The van der Waals surface area contributed by atoms with Crippen molar-refractivity contribution in [2.24, 2.45) is 5.73 Å². The molecule has 0 spiro atoms. The molecule has 0 heterocycles. The van der Waals surface area contributed by atoms with Crippen LogP contribution in [0.1, 0.15) is 25.7 Å². The summed E-state index contributed by atoms with van der Waals surface area (Å²) in [5, 5.41) is 0. The number of ether oxygens (including phenoxy) is 2. The smallest absolute Gasteiger partial charge is 0.376 e. The van der Waals surface area contributed by atoms with Gasteiger partial charge < -0.3 is 10.5 Å². The molecule has 0 saturated heterocycles. The maximum atomic E-state index is 11.6. The van der Waals surface area contributed by atoms with Crippen LogP contribution in [0.4, 0.5) is 13.2 Å². The molecule has 2 unspecified atom stereocenters. The Hall–Kier alpha value is -0.330. The molecule has 0 radical (unpaired) electrons. The van der Waals surface area contributed by atoms with Crippen LogP contribution < -0.4 is 5.73 Å². The molecule has 6 heteroatoms. The highest BCUT2D eigenvalue weighted by atomic mass is 19.4. The van der Waals surface area contributed by atoms with Gasteiger partial charge in [0.2, 0.25) is 0 Å². The summed E-state index contributed by atoms with van der Waals surface area (Å²) in [4.78, 5) is 0. The number of rotatable bonds is 4. The molecule has 1 aliphatic rings. The molecule has 1 fully saturated rings. The summed E-state index contributed by atoms with van der Waals surface area (Å²) in [5.41, 5.74) is 5.71. The van der Waals surface area contributed by atoms with E-state index < -0.39 is 13.0 Å². The largest absolute Gasteiger partial charge is 0.522 e. The number of hydrogen-bond donors (Lipinski definition) is 1. The van der Waals surface area contributed by atoms with Crippen molar-refractivity contribution < 1.29 is 22.6 Å². The number of hydrogen-bond acceptors (Lipinski definition) is 3. The molecule has 3 nitrogen and oxygen atoms in total. The van der Waals surface area contributed by atoms with Crippen molar-refractivity contribution in [3.05, 3.63) is 0 Å². The van der Waals surface area contributed by atoms with E-state index in [2.05, 4.69) is 4.74 Å². The highest BCUT2D eigenvalue weighted by Crippen LogP contribution is 2.20. The zero-order valence-electron chi connectivity index (χ0n) is 8.43. The Bertz CT molecular complexity index is 187. The van der Waals surface area contributed by atoms with Gasteiger partial charge in [-0.05, 0) is 25.7 Å². The normalized spacial score (nSPS) is 28.0. The molecule has 90 valence electrons. The first-order valence-electron chi connectivity index (χ1n) is 5.05. The van der Waals surface area contributed by atoms with Gasteiger partial charge in [-0.15, -0.1) is 13.2 Å². The molecule has 0 amide bonds. The van der Waals surface area contributed by atoms with Crippen LogP contribution in [0.5, 0.6) is 0 Å². The zero-order chi connectivity index (χ0) is 11.3. The van der Waals surface area contributed by atoms with Gasteiger partial charge in [-0.2, -0.15) is 0 Å². The Morgan fingerprint density at radius 2 is 1.93 bits per heavy atom. The maximum absolute atomic E-state index is 11.6. The van der Waals surface area contributed by atoms with Crippen molar-refractivity contribution >= 4 is 0 Å². The van der Waals surface area contributed by atoms with Crippen molar-refractivity contribution in [1.82, 2.24) is 0 Å². The lowest BCUT2D eigenvalue weighted by molar-refractivity contribution is -0.327. The Kier molecular flexibility index (Phi) is 4.82. The van der Waals surface area contributed by atoms with Crippen LogP contribution in [0.15, 0.2) is 0 Å². The molecule has 0 aromatic carbocycles. The fraction of sp³-hybridized carbons (Fsp3) is 1.00. The standard InChI is InChI=1S/C9H16F3NO2/c10-9(11,12)15-5-4-14-8-3-1-2-7(13)6-8/h7-8H,1-6,13H2. The van der Waals surface area contributed by atoms with Gasteiger partial charge in [-0.1, -0.05) is 0 Å². The predicted octanol–water partition coefficient (Wildman–Crippen LogP) is 1.81. The van der Waals surface area contributed by atoms with Crippen molar-refractivity contribution in [2.75, 3.05) is 13.2 Å². The second-order valence-electron chi connectivity index (χ2n) is 3.71. The summed E-state index contributed by atoms with van der Waals surface area (Å²) in [6, 6.07) is 0.118. The monoisotopic (exact) mass is 227 g/mol. The first-order valence-corrected chi connectivity index (χ1v) is 5.05.